The fourth-order valence-corrected chi connectivity index (χ4v) is 1.85. The van der Waals surface area contributed by atoms with Gasteiger partial charge in [0.05, 0.1) is 6.10 Å². The molecule has 0 bridgehead atoms. The van der Waals surface area contributed by atoms with Crippen LogP contribution in [0.15, 0.2) is 28.7 Å². The second kappa shape index (κ2) is 6.01. The third kappa shape index (κ3) is 4.33. The van der Waals surface area contributed by atoms with Crippen molar-refractivity contribution in [3.05, 3.63) is 34.3 Å². The Hall–Kier alpha value is -0.870. The van der Waals surface area contributed by atoms with Crippen molar-refractivity contribution < 1.29 is 15.0 Å². The third-order valence-electron chi connectivity index (χ3n) is 2.40. The van der Waals surface area contributed by atoms with E-state index in [0.717, 1.165) is 10.0 Å². The van der Waals surface area contributed by atoms with Crippen molar-refractivity contribution in [2.75, 3.05) is 0 Å². The Kier molecular flexibility index (Phi) is 4.96. The van der Waals surface area contributed by atoms with E-state index in [0.29, 0.717) is 6.42 Å². The van der Waals surface area contributed by atoms with Crippen LogP contribution in [0.1, 0.15) is 31.4 Å². The lowest BCUT2D eigenvalue weighted by Gasteiger charge is -2.15. The normalized spacial score (nSPS) is 14.4. The Morgan fingerprint density at radius 2 is 1.94 bits per heavy atom. The number of aliphatic hydroxyl groups is 1. The molecule has 0 saturated heterocycles. The van der Waals surface area contributed by atoms with Gasteiger partial charge in [0.1, 0.15) is 0 Å². The number of aliphatic carboxylic acids is 1. The van der Waals surface area contributed by atoms with E-state index in [4.69, 9.17) is 5.11 Å². The Bertz CT molecular complexity index is 348. The highest BCUT2D eigenvalue weighted by Crippen LogP contribution is 2.24. The first-order valence-electron chi connectivity index (χ1n) is 5.14. The maximum Gasteiger partial charge on any atom is 0.303 e. The van der Waals surface area contributed by atoms with Crippen LogP contribution in [0.3, 0.4) is 0 Å². The van der Waals surface area contributed by atoms with Gasteiger partial charge >= 0.3 is 5.97 Å². The standard InChI is InChI=1S/C12H15BrO3/c1-8(7-12(15)16)6-11(14)9-2-4-10(13)5-3-9/h2-5,8,11,14H,6-7H2,1H3,(H,15,16). The molecule has 16 heavy (non-hydrogen) atoms. The smallest absolute Gasteiger partial charge is 0.303 e. The van der Waals surface area contributed by atoms with Crippen LogP contribution in [0.2, 0.25) is 0 Å². The minimum Gasteiger partial charge on any atom is -0.481 e. The molecule has 0 spiro atoms. The van der Waals surface area contributed by atoms with Crippen LogP contribution in [0.5, 0.6) is 0 Å². The molecular weight excluding hydrogens is 272 g/mol. The Balaban J connectivity index is 2.54. The zero-order valence-corrected chi connectivity index (χ0v) is 10.6. The number of rotatable bonds is 5. The predicted molar refractivity (Wildman–Crippen MR) is 65.1 cm³/mol. The average Bonchev–Trinajstić information content (AvgIpc) is 2.16. The van der Waals surface area contributed by atoms with Crippen LogP contribution in [0.25, 0.3) is 0 Å². The van der Waals surface area contributed by atoms with Gasteiger partial charge in [0, 0.05) is 10.9 Å². The van der Waals surface area contributed by atoms with Crippen molar-refractivity contribution in [3.63, 3.8) is 0 Å². The highest BCUT2D eigenvalue weighted by molar-refractivity contribution is 9.10. The molecule has 0 aromatic heterocycles. The number of benzene rings is 1. The van der Waals surface area contributed by atoms with E-state index >= 15 is 0 Å². The summed E-state index contributed by atoms with van der Waals surface area (Å²) >= 11 is 3.32. The maximum absolute atomic E-state index is 10.5. The van der Waals surface area contributed by atoms with E-state index in [-0.39, 0.29) is 12.3 Å². The number of halogens is 1. The molecule has 3 nitrogen and oxygen atoms in total. The number of carboxylic acid groups (broad SMARTS) is 1. The number of hydrogen-bond acceptors (Lipinski definition) is 2. The van der Waals surface area contributed by atoms with Gasteiger partial charge in [0.2, 0.25) is 0 Å². The summed E-state index contributed by atoms with van der Waals surface area (Å²) < 4.78 is 0.960. The SMILES string of the molecule is CC(CC(=O)O)CC(O)c1ccc(Br)cc1. The first-order valence-corrected chi connectivity index (χ1v) is 5.93. The summed E-state index contributed by atoms with van der Waals surface area (Å²) in [6, 6.07) is 7.39. The van der Waals surface area contributed by atoms with Gasteiger partial charge in [0.25, 0.3) is 0 Å². The molecule has 0 aliphatic heterocycles. The van der Waals surface area contributed by atoms with Gasteiger partial charge in [-0.25, -0.2) is 0 Å². The molecule has 0 saturated carbocycles. The number of hydrogen-bond donors (Lipinski definition) is 2. The number of carboxylic acids is 1. The van der Waals surface area contributed by atoms with Crippen LogP contribution >= 0.6 is 15.9 Å². The second-order valence-corrected chi connectivity index (χ2v) is 4.92. The zero-order chi connectivity index (χ0) is 12.1. The molecule has 2 atom stereocenters. The monoisotopic (exact) mass is 286 g/mol. The molecule has 0 radical (unpaired) electrons. The molecular formula is C12H15BrO3. The largest absolute Gasteiger partial charge is 0.481 e. The van der Waals surface area contributed by atoms with Crippen LogP contribution in [-0.2, 0) is 4.79 Å². The zero-order valence-electron chi connectivity index (χ0n) is 9.06. The molecule has 0 amide bonds. The van der Waals surface area contributed by atoms with E-state index in [1.807, 2.05) is 31.2 Å². The van der Waals surface area contributed by atoms with Crippen molar-refractivity contribution in [1.29, 1.82) is 0 Å². The molecule has 1 aromatic rings. The summed E-state index contributed by atoms with van der Waals surface area (Å²) in [5, 5.41) is 18.5. The first kappa shape index (κ1) is 13.2. The first-order chi connectivity index (χ1) is 7.49. The molecule has 88 valence electrons. The van der Waals surface area contributed by atoms with E-state index in [1.165, 1.54) is 0 Å². The molecule has 1 aromatic carbocycles. The van der Waals surface area contributed by atoms with E-state index in [9.17, 15) is 9.90 Å². The van der Waals surface area contributed by atoms with Gasteiger partial charge in [-0.3, -0.25) is 4.79 Å². The molecule has 2 N–H and O–H groups in total. The molecule has 4 heteroatoms. The van der Waals surface area contributed by atoms with Crippen LogP contribution in [0.4, 0.5) is 0 Å². The lowest BCUT2D eigenvalue weighted by Crippen LogP contribution is -2.09. The van der Waals surface area contributed by atoms with Gasteiger partial charge in [0.15, 0.2) is 0 Å². The predicted octanol–water partition coefficient (Wildman–Crippen LogP) is 2.98. The van der Waals surface area contributed by atoms with Gasteiger partial charge < -0.3 is 10.2 Å². The quantitative estimate of drug-likeness (QED) is 0.875. The lowest BCUT2D eigenvalue weighted by atomic mass is 9.96. The van der Waals surface area contributed by atoms with Crippen molar-refractivity contribution >= 4 is 21.9 Å². The summed E-state index contributed by atoms with van der Waals surface area (Å²) in [4.78, 5) is 10.5. The van der Waals surface area contributed by atoms with E-state index < -0.39 is 12.1 Å². The summed E-state index contributed by atoms with van der Waals surface area (Å²) in [5.41, 5.74) is 0.820. The summed E-state index contributed by atoms with van der Waals surface area (Å²) in [6.45, 7) is 1.83. The topological polar surface area (TPSA) is 57.5 Å². The van der Waals surface area contributed by atoms with Crippen molar-refractivity contribution in [2.24, 2.45) is 5.92 Å². The average molecular weight is 287 g/mol. The van der Waals surface area contributed by atoms with Crippen molar-refractivity contribution in [1.82, 2.24) is 0 Å². The fraction of sp³-hybridized carbons (Fsp3) is 0.417. The summed E-state index contributed by atoms with van der Waals surface area (Å²) in [7, 11) is 0. The molecule has 0 aliphatic rings. The molecule has 0 fully saturated rings. The van der Waals surface area contributed by atoms with E-state index in [1.54, 1.807) is 0 Å². The van der Waals surface area contributed by atoms with Crippen molar-refractivity contribution in [3.8, 4) is 0 Å². The van der Waals surface area contributed by atoms with Gasteiger partial charge in [-0.2, -0.15) is 0 Å². The Labute approximate surface area is 103 Å². The van der Waals surface area contributed by atoms with Crippen molar-refractivity contribution in [2.45, 2.75) is 25.9 Å². The van der Waals surface area contributed by atoms with Crippen LogP contribution in [0, 0.1) is 5.92 Å². The van der Waals surface area contributed by atoms with Gasteiger partial charge in [-0.05, 0) is 30.0 Å². The second-order valence-electron chi connectivity index (χ2n) is 4.01. The van der Waals surface area contributed by atoms with Gasteiger partial charge in [-0.1, -0.05) is 35.0 Å². The Morgan fingerprint density at radius 1 is 1.38 bits per heavy atom. The molecule has 2 unspecified atom stereocenters. The Morgan fingerprint density at radius 3 is 2.44 bits per heavy atom. The van der Waals surface area contributed by atoms with Crippen LogP contribution in [-0.4, -0.2) is 16.2 Å². The minimum atomic E-state index is -0.824. The van der Waals surface area contributed by atoms with E-state index in [2.05, 4.69) is 15.9 Å². The fourth-order valence-electron chi connectivity index (χ4n) is 1.58. The number of carbonyl (C=O) groups is 1. The van der Waals surface area contributed by atoms with Gasteiger partial charge in [-0.15, -0.1) is 0 Å². The summed E-state index contributed by atoms with van der Waals surface area (Å²) in [5.74, 6) is -0.855. The highest BCUT2D eigenvalue weighted by atomic mass is 79.9. The number of aliphatic hydroxyl groups excluding tert-OH is 1. The lowest BCUT2D eigenvalue weighted by molar-refractivity contribution is -0.138. The molecule has 0 aliphatic carbocycles. The van der Waals surface area contributed by atoms with Crippen LogP contribution < -0.4 is 0 Å². The summed E-state index contributed by atoms with van der Waals surface area (Å²) in [6.07, 6.45) is -0.0379. The third-order valence-corrected chi connectivity index (χ3v) is 2.93. The maximum atomic E-state index is 10.5. The molecule has 1 rings (SSSR count). The minimum absolute atomic E-state index is 0.0313. The highest BCUT2D eigenvalue weighted by Gasteiger charge is 2.14. The molecule has 0 heterocycles.